The molecule has 92 valence electrons. The largest absolute Gasteiger partial charge is 0.493 e. The lowest BCUT2D eigenvalue weighted by Crippen LogP contribution is -2.35. The van der Waals surface area contributed by atoms with E-state index >= 15 is 0 Å². The summed E-state index contributed by atoms with van der Waals surface area (Å²) in [4.78, 5) is 12.3. The van der Waals surface area contributed by atoms with Gasteiger partial charge in [0.25, 0.3) is 0 Å². The van der Waals surface area contributed by atoms with Gasteiger partial charge in [-0.3, -0.25) is 4.79 Å². The Balaban J connectivity index is 2.30. The molecular weight excluding hydrogens is 216 g/mol. The third-order valence-corrected chi connectivity index (χ3v) is 3.28. The Hall–Kier alpha value is -1.35. The van der Waals surface area contributed by atoms with Crippen LogP contribution in [0.1, 0.15) is 43.0 Å². The maximum Gasteiger partial charge on any atom is 0.198 e. The van der Waals surface area contributed by atoms with Crippen LogP contribution < -0.4 is 4.74 Å². The van der Waals surface area contributed by atoms with Crippen molar-refractivity contribution in [2.24, 2.45) is 0 Å². The number of hydrogen-bond acceptors (Lipinski definition) is 3. The van der Waals surface area contributed by atoms with Gasteiger partial charge in [0.1, 0.15) is 11.4 Å². The summed E-state index contributed by atoms with van der Waals surface area (Å²) in [6.07, 6.45) is 2.96. The maximum absolute atomic E-state index is 12.3. The van der Waals surface area contributed by atoms with Gasteiger partial charge >= 0.3 is 0 Å². The average molecular weight is 234 g/mol. The van der Waals surface area contributed by atoms with E-state index in [9.17, 15) is 9.90 Å². The maximum atomic E-state index is 12.3. The molecule has 1 saturated carbocycles. The van der Waals surface area contributed by atoms with Crippen LogP contribution in [0.5, 0.6) is 5.75 Å². The number of ether oxygens (including phenoxy) is 1. The molecule has 0 atom stereocenters. The number of para-hydroxylation sites is 1. The standard InChI is InChI=1S/C14H18O3/c1-2-17-12-8-4-3-7-11(12)13(15)14(16)9-5-6-10-14/h3-4,7-8,16H,2,5-6,9-10H2,1H3. The van der Waals surface area contributed by atoms with Crippen molar-refractivity contribution in [1.82, 2.24) is 0 Å². The highest BCUT2D eigenvalue weighted by Gasteiger charge is 2.40. The third kappa shape index (κ3) is 2.34. The quantitative estimate of drug-likeness (QED) is 0.814. The third-order valence-electron chi connectivity index (χ3n) is 3.28. The molecule has 0 aliphatic heterocycles. The Morgan fingerprint density at radius 1 is 1.35 bits per heavy atom. The monoisotopic (exact) mass is 234 g/mol. The van der Waals surface area contributed by atoms with Crippen molar-refractivity contribution >= 4 is 5.78 Å². The molecule has 0 aromatic heterocycles. The van der Waals surface area contributed by atoms with Gasteiger partial charge in [0, 0.05) is 0 Å². The Morgan fingerprint density at radius 3 is 2.65 bits per heavy atom. The molecule has 0 amide bonds. The molecule has 0 saturated heterocycles. The lowest BCUT2D eigenvalue weighted by molar-refractivity contribution is 0.0349. The minimum Gasteiger partial charge on any atom is -0.493 e. The van der Waals surface area contributed by atoms with Crippen LogP contribution in [0.15, 0.2) is 24.3 Å². The minimum absolute atomic E-state index is 0.195. The van der Waals surface area contributed by atoms with Crippen molar-refractivity contribution < 1.29 is 14.6 Å². The van der Waals surface area contributed by atoms with Crippen molar-refractivity contribution in [3.8, 4) is 5.75 Å². The van der Waals surface area contributed by atoms with E-state index < -0.39 is 5.60 Å². The van der Waals surface area contributed by atoms with Crippen LogP contribution in [0.3, 0.4) is 0 Å². The van der Waals surface area contributed by atoms with Gasteiger partial charge in [0.2, 0.25) is 0 Å². The van der Waals surface area contributed by atoms with Gasteiger partial charge in [-0.1, -0.05) is 12.1 Å². The van der Waals surface area contributed by atoms with E-state index in [0.717, 1.165) is 12.8 Å². The first-order valence-electron chi connectivity index (χ1n) is 6.16. The molecule has 3 nitrogen and oxygen atoms in total. The summed E-state index contributed by atoms with van der Waals surface area (Å²) in [5.41, 5.74) is -0.675. The zero-order valence-electron chi connectivity index (χ0n) is 10.1. The fourth-order valence-corrected chi connectivity index (χ4v) is 2.37. The molecule has 17 heavy (non-hydrogen) atoms. The van der Waals surface area contributed by atoms with Gasteiger partial charge in [-0.05, 0) is 44.7 Å². The van der Waals surface area contributed by atoms with E-state index in [0.29, 0.717) is 30.8 Å². The first-order valence-corrected chi connectivity index (χ1v) is 6.16. The fraction of sp³-hybridized carbons (Fsp3) is 0.500. The molecule has 1 aliphatic carbocycles. The number of hydrogen-bond donors (Lipinski definition) is 1. The van der Waals surface area contributed by atoms with E-state index in [1.807, 2.05) is 13.0 Å². The van der Waals surface area contributed by atoms with Crippen LogP contribution in [-0.4, -0.2) is 23.1 Å². The molecule has 2 rings (SSSR count). The zero-order valence-corrected chi connectivity index (χ0v) is 10.1. The number of rotatable bonds is 4. The smallest absolute Gasteiger partial charge is 0.198 e. The van der Waals surface area contributed by atoms with Crippen LogP contribution in [0, 0.1) is 0 Å². The van der Waals surface area contributed by atoms with Crippen LogP contribution in [0.25, 0.3) is 0 Å². The van der Waals surface area contributed by atoms with E-state index in [2.05, 4.69) is 0 Å². The summed E-state index contributed by atoms with van der Waals surface area (Å²) in [6, 6.07) is 7.13. The lowest BCUT2D eigenvalue weighted by atomic mass is 9.91. The molecular formula is C14H18O3. The second kappa shape index (κ2) is 4.88. The zero-order chi connectivity index (χ0) is 12.3. The highest BCUT2D eigenvalue weighted by atomic mass is 16.5. The highest BCUT2D eigenvalue weighted by molar-refractivity contribution is 6.04. The predicted octanol–water partition coefficient (Wildman–Crippen LogP) is 2.57. The molecule has 1 N–H and O–H groups in total. The minimum atomic E-state index is -1.17. The van der Waals surface area contributed by atoms with Crippen LogP contribution in [0.2, 0.25) is 0 Å². The van der Waals surface area contributed by atoms with Crippen LogP contribution >= 0.6 is 0 Å². The topological polar surface area (TPSA) is 46.5 Å². The molecule has 1 aromatic carbocycles. The number of ketones is 1. The number of benzene rings is 1. The Bertz CT molecular complexity index is 406. The fourth-order valence-electron chi connectivity index (χ4n) is 2.37. The second-order valence-corrected chi connectivity index (χ2v) is 4.50. The van der Waals surface area contributed by atoms with Gasteiger partial charge in [0.05, 0.1) is 12.2 Å². The Kier molecular flexibility index (Phi) is 3.48. The highest BCUT2D eigenvalue weighted by Crippen LogP contribution is 2.34. The lowest BCUT2D eigenvalue weighted by Gasteiger charge is -2.21. The van der Waals surface area contributed by atoms with Crippen molar-refractivity contribution in [3.05, 3.63) is 29.8 Å². The molecule has 0 heterocycles. The van der Waals surface area contributed by atoms with Gasteiger partial charge in [-0.25, -0.2) is 0 Å². The van der Waals surface area contributed by atoms with E-state index in [1.165, 1.54) is 0 Å². The number of aliphatic hydroxyl groups is 1. The van der Waals surface area contributed by atoms with Crippen LogP contribution in [0.4, 0.5) is 0 Å². The second-order valence-electron chi connectivity index (χ2n) is 4.50. The summed E-state index contributed by atoms with van der Waals surface area (Å²) in [5, 5.41) is 10.3. The van der Waals surface area contributed by atoms with E-state index in [1.54, 1.807) is 18.2 Å². The number of Topliss-reactive ketones (excluding diaryl/α,β-unsaturated/α-hetero) is 1. The molecule has 0 unspecified atom stereocenters. The van der Waals surface area contributed by atoms with Crippen LogP contribution in [-0.2, 0) is 0 Å². The predicted molar refractivity (Wildman–Crippen MR) is 65.4 cm³/mol. The summed E-state index contributed by atoms with van der Waals surface area (Å²) in [5.74, 6) is 0.374. The van der Waals surface area contributed by atoms with Gasteiger partial charge < -0.3 is 9.84 Å². The molecule has 1 aromatic rings. The number of carbonyl (C=O) groups excluding carboxylic acids is 1. The summed E-state index contributed by atoms with van der Waals surface area (Å²) < 4.78 is 5.43. The molecule has 0 spiro atoms. The Morgan fingerprint density at radius 2 is 2.00 bits per heavy atom. The van der Waals surface area contributed by atoms with Gasteiger partial charge in [0.15, 0.2) is 5.78 Å². The van der Waals surface area contributed by atoms with Crippen molar-refractivity contribution in [3.63, 3.8) is 0 Å². The van der Waals surface area contributed by atoms with Crippen molar-refractivity contribution in [1.29, 1.82) is 0 Å². The van der Waals surface area contributed by atoms with Gasteiger partial charge in [-0.15, -0.1) is 0 Å². The van der Waals surface area contributed by atoms with E-state index in [4.69, 9.17) is 4.74 Å². The van der Waals surface area contributed by atoms with E-state index in [-0.39, 0.29) is 5.78 Å². The summed E-state index contributed by atoms with van der Waals surface area (Å²) in [6.45, 7) is 2.40. The van der Waals surface area contributed by atoms with Gasteiger partial charge in [-0.2, -0.15) is 0 Å². The molecule has 0 radical (unpaired) electrons. The normalized spacial score (nSPS) is 18.0. The average Bonchev–Trinajstić information content (AvgIpc) is 2.78. The summed E-state index contributed by atoms with van der Waals surface area (Å²) >= 11 is 0. The van der Waals surface area contributed by atoms with Crippen molar-refractivity contribution in [2.45, 2.75) is 38.2 Å². The molecule has 0 bridgehead atoms. The Labute approximate surface area is 101 Å². The first kappa shape index (κ1) is 12.1. The molecule has 1 fully saturated rings. The molecule has 3 heteroatoms. The van der Waals surface area contributed by atoms with Crippen molar-refractivity contribution in [2.75, 3.05) is 6.61 Å². The SMILES string of the molecule is CCOc1ccccc1C(=O)C1(O)CCCC1. The first-order chi connectivity index (χ1) is 8.17. The molecule has 1 aliphatic rings. The summed E-state index contributed by atoms with van der Waals surface area (Å²) in [7, 11) is 0. The number of carbonyl (C=O) groups is 1.